The van der Waals surface area contributed by atoms with Crippen molar-refractivity contribution in [3.63, 3.8) is 0 Å². The number of hydrogen-bond acceptors (Lipinski definition) is 1. The number of alkyl halides is 3. The van der Waals surface area contributed by atoms with Crippen LogP contribution >= 0.6 is 0 Å². The lowest BCUT2D eigenvalue weighted by Crippen LogP contribution is -2.19. The van der Waals surface area contributed by atoms with Crippen LogP contribution in [-0.4, -0.2) is 6.04 Å². The predicted octanol–water partition coefficient (Wildman–Crippen LogP) is 4.16. The lowest BCUT2D eigenvalue weighted by atomic mass is 10.0. The van der Waals surface area contributed by atoms with Gasteiger partial charge in [-0.2, -0.15) is 13.2 Å². The lowest BCUT2D eigenvalue weighted by molar-refractivity contribution is -0.137. The van der Waals surface area contributed by atoms with Gasteiger partial charge in [-0.3, -0.25) is 0 Å². The Kier molecular flexibility index (Phi) is 5.66. The van der Waals surface area contributed by atoms with E-state index in [0.717, 1.165) is 37.3 Å². The van der Waals surface area contributed by atoms with E-state index >= 15 is 0 Å². The van der Waals surface area contributed by atoms with Crippen LogP contribution in [0.5, 0.6) is 0 Å². The van der Waals surface area contributed by atoms with E-state index < -0.39 is 11.7 Å². The Morgan fingerprint density at radius 2 is 1.94 bits per heavy atom. The zero-order chi connectivity index (χ0) is 13.6. The van der Waals surface area contributed by atoms with Gasteiger partial charge < -0.3 is 5.73 Å². The standard InChI is InChI=1S/C14H20F3N/c1-2-5-13(18)9-4-7-11-6-3-8-12(10-11)14(15,16)17/h3,6,8,10,13H,2,4-5,7,9,18H2,1H3. The summed E-state index contributed by atoms with van der Waals surface area (Å²) in [5, 5.41) is 0. The quantitative estimate of drug-likeness (QED) is 0.815. The van der Waals surface area contributed by atoms with Crippen LogP contribution in [0.3, 0.4) is 0 Å². The molecule has 1 rings (SSSR count). The van der Waals surface area contributed by atoms with E-state index in [0.29, 0.717) is 6.42 Å². The minimum atomic E-state index is -4.26. The molecule has 1 atom stereocenters. The molecule has 1 aromatic rings. The molecule has 0 saturated carbocycles. The molecule has 0 aliphatic heterocycles. The van der Waals surface area contributed by atoms with Gasteiger partial charge in [0.25, 0.3) is 0 Å². The van der Waals surface area contributed by atoms with Gasteiger partial charge in [-0.15, -0.1) is 0 Å². The lowest BCUT2D eigenvalue weighted by Gasteiger charge is -2.11. The van der Waals surface area contributed by atoms with Crippen molar-refractivity contribution < 1.29 is 13.2 Å². The number of benzene rings is 1. The van der Waals surface area contributed by atoms with Gasteiger partial charge in [-0.1, -0.05) is 31.5 Å². The number of halogens is 3. The molecule has 0 bridgehead atoms. The van der Waals surface area contributed by atoms with Gasteiger partial charge in [0.1, 0.15) is 0 Å². The van der Waals surface area contributed by atoms with Gasteiger partial charge in [0, 0.05) is 6.04 Å². The van der Waals surface area contributed by atoms with Crippen LogP contribution in [0, 0.1) is 0 Å². The molecule has 2 N–H and O–H groups in total. The van der Waals surface area contributed by atoms with Gasteiger partial charge in [0.15, 0.2) is 0 Å². The van der Waals surface area contributed by atoms with E-state index in [9.17, 15) is 13.2 Å². The van der Waals surface area contributed by atoms with Crippen molar-refractivity contribution >= 4 is 0 Å². The largest absolute Gasteiger partial charge is 0.416 e. The Morgan fingerprint density at radius 1 is 1.22 bits per heavy atom. The molecule has 0 saturated heterocycles. The van der Waals surface area contributed by atoms with Gasteiger partial charge in [-0.25, -0.2) is 0 Å². The summed E-state index contributed by atoms with van der Waals surface area (Å²) in [5.41, 5.74) is 6.03. The average Bonchev–Trinajstić information content (AvgIpc) is 2.29. The zero-order valence-corrected chi connectivity index (χ0v) is 10.6. The summed E-state index contributed by atoms with van der Waals surface area (Å²) < 4.78 is 37.5. The molecule has 0 amide bonds. The maximum absolute atomic E-state index is 12.5. The third kappa shape index (κ3) is 5.08. The van der Waals surface area contributed by atoms with Crippen molar-refractivity contribution in [1.29, 1.82) is 0 Å². The Morgan fingerprint density at radius 3 is 2.56 bits per heavy atom. The van der Waals surface area contributed by atoms with Crippen LogP contribution in [0.15, 0.2) is 24.3 Å². The normalized spacial score (nSPS) is 13.6. The smallest absolute Gasteiger partial charge is 0.328 e. The summed E-state index contributed by atoms with van der Waals surface area (Å²) in [5.74, 6) is 0. The summed E-state index contributed by atoms with van der Waals surface area (Å²) >= 11 is 0. The summed E-state index contributed by atoms with van der Waals surface area (Å²) in [6.07, 6.45) is 0.121. The van der Waals surface area contributed by atoms with E-state index in [1.54, 1.807) is 6.07 Å². The van der Waals surface area contributed by atoms with Gasteiger partial charge >= 0.3 is 6.18 Å². The molecule has 1 unspecified atom stereocenters. The highest BCUT2D eigenvalue weighted by molar-refractivity contribution is 5.25. The molecule has 1 nitrogen and oxygen atoms in total. The minimum Gasteiger partial charge on any atom is -0.328 e. The number of hydrogen-bond donors (Lipinski definition) is 1. The summed E-state index contributed by atoms with van der Waals surface area (Å²) in [6.45, 7) is 2.08. The molecule has 1 aromatic carbocycles. The molecule has 0 radical (unpaired) electrons. The first-order valence-corrected chi connectivity index (χ1v) is 6.35. The first-order valence-electron chi connectivity index (χ1n) is 6.35. The van der Waals surface area contributed by atoms with Gasteiger partial charge in [-0.05, 0) is 37.3 Å². The predicted molar refractivity (Wildman–Crippen MR) is 67.3 cm³/mol. The van der Waals surface area contributed by atoms with Crippen molar-refractivity contribution in [1.82, 2.24) is 0 Å². The van der Waals surface area contributed by atoms with E-state index in [-0.39, 0.29) is 6.04 Å². The third-order valence-electron chi connectivity index (χ3n) is 2.95. The van der Waals surface area contributed by atoms with E-state index in [1.165, 1.54) is 12.1 Å². The maximum atomic E-state index is 12.5. The first kappa shape index (κ1) is 15.0. The van der Waals surface area contributed by atoms with Crippen molar-refractivity contribution in [3.8, 4) is 0 Å². The van der Waals surface area contributed by atoms with Gasteiger partial charge in [0.2, 0.25) is 0 Å². The fourth-order valence-corrected chi connectivity index (χ4v) is 1.99. The SMILES string of the molecule is CCCC(N)CCCc1cccc(C(F)(F)F)c1. The van der Waals surface area contributed by atoms with Crippen LogP contribution in [-0.2, 0) is 12.6 Å². The van der Waals surface area contributed by atoms with Crippen molar-refractivity contribution in [2.24, 2.45) is 5.73 Å². The second kappa shape index (κ2) is 6.78. The number of nitrogens with two attached hydrogens (primary N) is 1. The average molecular weight is 259 g/mol. The number of aryl methyl sites for hydroxylation is 1. The molecular weight excluding hydrogens is 239 g/mol. The summed E-state index contributed by atoms with van der Waals surface area (Å²) in [7, 11) is 0. The second-order valence-corrected chi connectivity index (χ2v) is 4.64. The van der Waals surface area contributed by atoms with E-state index in [4.69, 9.17) is 5.73 Å². The molecule has 102 valence electrons. The molecule has 0 aliphatic carbocycles. The van der Waals surface area contributed by atoms with Crippen LogP contribution in [0.2, 0.25) is 0 Å². The van der Waals surface area contributed by atoms with Crippen molar-refractivity contribution in [2.45, 2.75) is 51.2 Å². The molecule has 0 heterocycles. The Hall–Kier alpha value is -1.03. The van der Waals surface area contributed by atoms with Crippen LogP contribution < -0.4 is 5.73 Å². The minimum absolute atomic E-state index is 0.167. The second-order valence-electron chi connectivity index (χ2n) is 4.64. The van der Waals surface area contributed by atoms with Gasteiger partial charge in [0.05, 0.1) is 5.56 Å². The van der Waals surface area contributed by atoms with Crippen LogP contribution in [0.1, 0.15) is 43.7 Å². The number of rotatable bonds is 6. The van der Waals surface area contributed by atoms with Crippen LogP contribution in [0.4, 0.5) is 13.2 Å². The zero-order valence-electron chi connectivity index (χ0n) is 10.6. The Labute approximate surface area is 106 Å². The van der Waals surface area contributed by atoms with Crippen LogP contribution in [0.25, 0.3) is 0 Å². The molecule has 0 aliphatic rings. The van der Waals surface area contributed by atoms with E-state index in [1.807, 2.05) is 0 Å². The van der Waals surface area contributed by atoms with Crippen molar-refractivity contribution in [2.75, 3.05) is 0 Å². The van der Waals surface area contributed by atoms with Crippen molar-refractivity contribution in [3.05, 3.63) is 35.4 Å². The summed E-state index contributed by atoms with van der Waals surface area (Å²) in [4.78, 5) is 0. The highest BCUT2D eigenvalue weighted by atomic mass is 19.4. The molecule has 18 heavy (non-hydrogen) atoms. The maximum Gasteiger partial charge on any atom is 0.416 e. The summed E-state index contributed by atoms with van der Waals surface area (Å²) in [6, 6.07) is 5.70. The topological polar surface area (TPSA) is 26.0 Å². The highest BCUT2D eigenvalue weighted by Crippen LogP contribution is 2.29. The fraction of sp³-hybridized carbons (Fsp3) is 0.571. The Balaban J connectivity index is 2.48. The highest BCUT2D eigenvalue weighted by Gasteiger charge is 2.30. The van der Waals surface area contributed by atoms with E-state index in [2.05, 4.69) is 6.92 Å². The molecule has 0 fully saturated rings. The monoisotopic (exact) mass is 259 g/mol. The molecule has 0 spiro atoms. The molecule has 0 aromatic heterocycles. The first-order chi connectivity index (χ1) is 8.43. The fourth-order valence-electron chi connectivity index (χ4n) is 1.99. The molecule has 4 heteroatoms. The molecular formula is C14H20F3N. The Bertz CT molecular complexity index is 360. The third-order valence-corrected chi connectivity index (χ3v) is 2.95.